The molecule has 0 unspecified atom stereocenters. The van der Waals surface area contributed by atoms with E-state index in [1.165, 1.54) is 5.56 Å². The van der Waals surface area contributed by atoms with Crippen LogP contribution in [0.1, 0.15) is 83.8 Å². The fourth-order valence-corrected chi connectivity index (χ4v) is 3.17. The molecule has 0 fully saturated rings. The summed E-state index contributed by atoms with van der Waals surface area (Å²) in [6.45, 7) is 18.7. The van der Waals surface area contributed by atoms with E-state index in [2.05, 4.69) is 64.3 Å². The number of carbonyl (C=O) groups excluding carboxylic acids is 2. The second-order valence-electron chi connectivity index (χ2n) is 11.3. The molecule has 0 aliphatic carbocycles. The van der Waals surface area contributed by atoms with Gasteiger partial charge < -0.3 is 15.4 Å². The molecule has 174 valence electrons. The van der Waals surface area contributed by atoms with Crippen LogP contribution in [0, 0.1) is 0 Å². The molecule has 2 aromatic carbocycles. The van der Waals surface area contributed by atoms with Crippen LogP contribution in [-0.2, 0) is 15.6 Å². The Morgan fingerprint density at radius 1 is 0.812 bits per heavy atom. The van der Waals surface area contributed by atoms with E-state index in [1.807, 2.05) is 26.8 Å². The predicted molar refractivity (Wildman–Crippen MR) is 132 cm³/mol. The number of anilines is 1. The van der Waals surface area contributed by atoms with E-state index >= 15 is 0 Å². The van der Waals surface area contributed by atoms with Gasteiger partial charge in [-0.05, 0) is 73.1 Å². The maximum Gasteiger partial charge on any atom is 0.262 e. The van der Waals surface area contributed by atoms with Gasteiger partial charge in [0.15, 0.2) is 6.61 Å². The molecule has 2 rings (SSSR count). The average Bonchev–Trinajstić information content (AvgIpc) is 2.64. The zero-order valence-electron chi connectivity index (χ0n) is 21.0. The first-order chi connectivity index (χ1) is 14.6. The number of hydrogen-bond acceptors (Lipinski definition) is 3. The molecule has 0 radical (unpaired) electrons. The fourth-order valence-electron chi connectivity index (χ4n) is 3.17. The van der Waals surface area contributed by atoms with Crippen LogP contribution in [-0.4, -0.2) is 24.0 Å². The molecule has 0 aliphatic heterocycles. The molecule has 0 bridgehead atoms. The van der Waals surface area contributed by atoms with Gasteiger partial charge >= 0.3 is 0 Å². The minimum atomic E-state index is -0.307. The first-order valence-electron chi connectivity index (χ1n) is 11.1. The summed E-state index contributed by atoms with van der Waals surface area (Å²) < 4.78 is 5.91. The summed E-state index contributed by atoms with van der Waals surface area (Å²) >= 11 is 0. The van der Waals surface area contributed by atoms with E-state index in [0.717, 1.165) is 11.3 Å². The van der Waals surface area contributed by atoms with Crippen LogP contribution >= 0.6 is 0 Å². The van der Waals surface area contributed by atoms with E-state index in [9.17, 15) is 9.59 Å². The molecular weight excluding hydrogens is 400 g/mol. The van der Waals surface area contributed by atoms with E-state index in [0.29, 0.717) is 11.3 Å². The molecule has 0 saturated heterocycles. The van der Waals surface area contributed by atoms with Crippen molar-refractivity contribution in [2.45, 2.75) is 78.7 Å². The molecule has 2 aromatic rings. The molecule has 0 spiro atoms. The minimum Gasteiger partial charge on any atom is -0.483 e. The number of hydrogen-bond donors (Lipinski definition) is 2. The lowest BCUT2D eigenvalue weighted by atomic mass is 9.80. The number of nitrogens with one attached hydrogen (secondary N) is 2. The number of ether oxygens (including phenoxy) is 1. The van der Waals surface area contributed by atoms with Crippen LogP contribution in [0.5, 0.6) is 5.75 Å². The number of carbonyl (C=O) groups is 2. The third-order valence-electron chi connectivity index (χ3n) is 4.93. The second kappa shape index (κ2) is 9.35. The molecule has 0 aromatic heterocycles. The molecule has 5 nitrogen and oxygen atoms in total. The predicted octanol–water partition coefficient (Wildman–Crippen LogP) is 5.83. The third kappa shape index (κ3) is 7.40. The van der Waals surface area contributed by atoms with Gasteiger partial charge in [-0.3, -0.25) is 9.59 Å². The van der Waals surface area contributed by atoms with Crippen molar-refractivity contribution in [1.29, 1.82) is 0 Å². The summed E-state index contributed by atoms with van der Waals surface area (Å²) in [5.41, 5.74) is 3.08. The van der Waals surface area contributed by atoms with Crippen molar-refractivity contribution in [3.63, 3.8) is 0 Å². The van der Waals surface area contributed by atoms with Crippen LogP contribution in [0.15, 0.2) is 42.5 Å². The highest BCUT2D eigenvalue weighted by molar-refractivity contribution is 5.96. The Kier molecular flexibility index (Phi) is 7.44. The Balaban J connectivity index is 2.05. The molecule has 32 heavy (non-hydrogen) atoms. The van der Waals surface area contributed by atoms with E-state index in [4.69, 9.17) is 4.74 Å². The van der Waals surface area contributed by atoms with Crippen LogP contribution in [0.3, 0.4) is 0 Å². The van der Waals surface area contributed by atoms with E-state index in [1.54, 1.807) is 24.3 Å². The van der Waals surface area contributed by atoms with Gasteiger partial charge in [0.1, 0.15) is 5.75 Å². The summed E-state index contributed by atoms with van der Waals surface area (Å²) in [6, 6.07) is 13.0. The van der Waals surface area contributed by atoms with Gasteiger partial charge in [0.05, 0.1) is 0 Å². The van der Waals surface area contributed by atoms with Gasteiger partial charge in [-0.15, -0.1) is 0 Å². The normalized spacial score (nSPS) is 12.3. The monoisotopic (exact) mass is 438 g/mol. The summed E-state index contributed by atoms with van der Waals surface area (Å²) in [4.78, 5) is 24.7. The summed E-state index contributed by atoms with van der Waals surface area (Å²) in [5.74, 6) is 0.318. The highest BCUT2D eigenvalue weighted by atomic mass is 16.5. The highest BCUT2D eigenvalue weighted by Crippen LogP contribution is 2.35. The Morgan fingerprint density at radius 2 is 1.41 bits per heavy atom. The minimum absolute atomic E-state index is 0.0336. The molecule has 0 heterocycles. The first-order valence-corrected chi connectivity index (χ1v) is 11.1. The molecule has 0 aliphatic rings. The lowest BCUT2D eigenvalue weighted by Crippen LogP contribution is -2.40. The van der Waals surface area contributed by atoms with Crippen molar-refractivity contribution >= 4 is 17.5 Å². The van der Waals surface area contributed by atoms with Crippen LogP contribution in [0.4, 0.5) is 5.69 Å². The Labute approximate surface area is 192 Å². The fraction of sp³-hybridized carbons (Fsp3) is 0.481. The summed E-state index contributed by atoms with van der Waals surface area (Å²) in [5, 5.41) is 5.74. The Morgan fingerprint density at radius 3 is 1.91 bits per heavy atom. The van der Waals surface area contributed by atoms with Crippen LogP contribution < -0.4 is 15.4 Å². The quantitative estimate of drug-likeness (QED) is 0.617. The Bertz CT molecular complexity index is 956. The standard InChI is InChI=1S/C27H38N2O3/c1-25(2,3)19-12-15-22(21(16-19)26(4,5)6)32-17-23(30)28-20-13-10-18(11-14-20)24(31)29-27(7,8)9/h10-16H,17H2,1-9H3,(H,28,30)(H,29,31). The third-order valence-corrected chi connectivity index (χ3v) is 4.93. The van der Waals surface area contributed by atoms with Crippen molar-refractivity contribution in [2.24, 2.45) is 0 Å². The maximum atomic E-state index is 12.5. The SMILES string of the molecule is CC(C)(C)NC(=O)c1ccc(NC(=O)COc2ccc(C(C)(C)C)cc2C(C)(C)C)cc1. The van der Waals surface area contributed by atoms with Gasteiger partial charge in [0.2, 0.25) is 0 Å². The topological polar surface area (TPSA) is 67.4 Å². The number of rotatable bonds is 5. The van der Waals surface area contributed by atoms with Crippen molar-refractivity contribution < 1.29 is 14.3 Å². The van der Waals surface area contributed by atoms with Gasteiger partial charge in [-0.1, -0.05) is 53.7 Å². The summed E-state index contributed by atoms with van der Waals surface area (Å²) in [7, 11) is 0. The second-order valence-corrected chi connectivity index (χ2v) is 11.3. The molecular formula is C27H38N2O3. The van der Waals surface area contributed by atoms with Gasteiger partial charge in [-0.2, -0.15) is 0 Å². The molecule has 2 amide bonds. The zero-order valence-corrected chi connectivity index (χ0v) is 21.0. The lowest BCUT2D eigenvalue weighted by molar-refractivity contribution is -0.118. The summed E-state index contributed by atoms with van der Waals surface area (Å²) in [6.07, 6.45) is 0. The largest absolute Gasteiger partial charge is 0.483 e. The van der Waals surface area contributed by atoms with Crippen LogP contribution in [0.2, 0.25) is 0 Å². The molecule has 0 atom stereocenters. The van der Waals surface area contributed by atoms with Crippen molar-refractivity contribution in [1.82, 2.24) is 5.32 Å². The Hall–Kier alpha value is -2.82. The lowest BCUT2D eigenvalue weighted by Gasteiger charge is -2.27. The molecule has 5 heteroatoms. The van der Waals surface area contributed by atoms with Gasteiger partial charge in [0.25, 0.3) is 11.8 Å². The molecule has 0 saturated carbocycles. The van der Waals surface area contributed by atoms with Gasteiger partial charge in [-0.25, -0.2) is 0 Å². The smallest absolute Gasteiger partial charge is 0.262 e. The van der Waals surface area contributed by atoms with Crippen molar-refractivity contribution in [2.75, 3.05) is 11.9 Å². The average molecular weight is 439 g/mol. The highest BCUT2D eigenvalue weighted by Gasteiger charge is 2.23. The molecule has 2 N–H and O–H groups in total. The van der Waals surface area contributed by atoms with E-state index < -0.39 is 0 Å². The first kappa shape index (κ1) is 25.4. The van der Waals surface area contributed by atoms with Crippen molar-refractivity contribution in [3.8, 4) is 5.75 Å². The van der Waals surface area contributed by atoms with E-state index in [-0.39, 0.29) is 34.8 Å². The maximum absolute atomic E-state index is 12.5. The van der Waals surface area contributed by atoms with Crippen molar-refractivity contribution in [3.05, 3.63) is 59.2 Å². The van der Waals surface area contributed by atoms with Gasteiger partial charge in [0, 0.05) is 16.8 Å². The zero-order chi connectivity index (χ0) is 24.3. The van der Waals surface area contributed by atoms with Crippen LogP contribution in [0.25, 0.3) is 0 Å². The number of benzene rings is 2. The number of amides is 2.